The average Bonchev–Trinajstić information content (AvgIpc) is 3.17. The van der Waals surface area contributed by atoms with E-state index in [9.17, 15) is 5.11 Å². The number of aliphatic hydroxyl groups excluding tert-OH is 1. The van der Waals surface area contributed by atoms with E-state index in [0.29, 0.717) is 29.1 Å². The fraction of sp³-hybridized carbons (Fsp3) is 1.00. The summed E-state index contributed by atoms with van der Waals surface area (Å²) in [6.07, 6.45) is 13.0. The van der Waals surface area contributed by atoms with Crippen LogP contribution in [0.2, 0.25) is 0 Å². The Morgan fingerprint density at radius 2 is 1.73 bits per heavy atom. The van der Waals surface area contributed by atoms with Gasteiger partial charge in [-0.3, -0.25) is 0 Å². The highest BCUT2D eigenvalue weighted by Gasteiger charge is 2.71. The van der Waals surface area contributed by atoms with Crippen molar-refractivity contribution >= 4 is 0 Å². The van der Waals surface area contributed by atoms with Gasteiger partial charge in [-0.15, -0.1) is 0 Å². The van der Waals surface area contributed by atoms with Crippen LogP contribution in [-0.2, 0) is 9.47 Å². The van der Waals surface area contributed by atoms with Gasteiger partial charge in [0.15, 0.2) is 5.79 Å². The van der Waals surface area contributed by atoms with E-state index in [1.54, 1.807) is 0 Å². The van der Waals surface area contributed by atoms with Crippen LogP contribution < -0.4 is 0 Å². The number of ether oxygens (including phenoxy) is 2. The maximum Gasteiger partial charge on any atom is 0.171 e. The zero-order valence-corrected chi connectivity index (χ0v) is 19.7. The smallest absolute Gasteiger partial charge is 0.171 e. The minimum Gasteiger partial charge on any atom is -0.393 e. The van der Waals surface area contributed by atoms with E-state index >= 15 is 0 Å². The van der Waals surface area contributed by atoms with Crippen molar-refractivity contribution < 1.29 is 14.6 Å². The molecule has 0 aromatic carbocycles. The van der Waals surface area contributed by atoms with E-state index < -0.39 is 0 Å². The molecule has 2 heterocycles. The lowest BCUT2D eigenvalue weighted by Crippen LogP contribution is -2.59. The van der Waals surface area contributed by atoms with E-state index in [2.05, 4.69) is 27.7 Å². The molecule has 12 atom stereocenters. The molecule has 0 aromatic heterocycles. The molecule has 1 spiro atoms. The van der Waals surface area contributed by atoms with Gasteiger partial charge in [0.2, 0.25) is 0 Å². The zero-order valence-electron chi connectivity index (χ0n) is 19.7. The molecular weight excluding hydrogens is 372 g/mol. The van der Waals surface area contributed by atoms with E-state index in [1.165, 1.54) is 44.9 Å². The molecule has 3 nitrogen and oxygen atoms in total. The quantitative estimate of drug-likeness (QED) is 0.543. The van der Waals surface area contributed by atoms with Gasteiger partial charge in [-0.25, -0.2) is 0 Å². The first-order chi connectivity index (χ1) is 14.3. The molecule has 0 unspecified atom stereocenters. The molecule has 2 aliphatic heterocycles. The number of rotatable bonds is 0. The van der Waals surface area contributed by atoms with Crippen molar-refractivity contribution in [2.24, 2.45) is 52.3 Å². The van der Waals surface area contributed by atoms with Crippen LogP contribution in [0.5, 0.6) is 0 Å². The maximum absolute atomic E-state index is 11.8. The Balaban J connectivity index is 1.31. The van der Waals surface area contributed by atoms with Crippen LogP contribution >= 0.6 is 0 Å². The molecule has 0 aromatic rings. The van der Waals surface area contributed by atoms with E-state index in [1.807, 2.05) is 0 Å². The van der Waals surface area contributed by atoms with Gasteiger partial charge < -0.3 is 14.6 Å². The minimum atomic E-state index is -0.376. The summed E-state index contributed by atoms with van der Waals surface area (Å²) in [5.41, 5.74) is 0.469. The second-order valence-corrected chi connectivity index (χ2v) is 13.0. The standard InChI is InChI=1S/C27H44O3/c1-16-10-12-27(29-15-16)17(2)24-22(30-27)13-21-19-9-8-18-7-5-6-11-25(18,3)20(19)14-23(28)26(21,24)4/h16-24,28H,5-15H2,1-4H3/t16-,17+,18-,19-,20+,21+,22+,23+,24+,25+,26-,27-/m1/s1. The van der Waals surface area contributed by atoms with Crippen LogP contribution in [0.15, 0.2) is 0 Å². The molecule has 2 saturated heterocycles. The molecule has 3 heteroatoms. The summed E-state index contributed by atoms with van der Waals surface area (Å²) in [5, 5.41) is 11.8. The minimum absolute atomic E-state index is 0.000956. The number of hydrogen-bond acceptors (Lipinski definition) is 3. The van der Waals surface area contributed by atoms with Crippen molar-refractivity contribution in [2.45, 2.75) is 110 Å². The van der Waals surface area contributed by atoms with Gasteiger partial charge in [-0.2, -0.15) is 0 Å². The summed E-state index contributed by atoms with van der Waals surface area (Å²) >= 11 is 0. The number of fused-ring (bicyclic) bond motifs is 7. The molecule has 1 N–H and O–H groups in total. The monoisotopic (exact) mass is 416 g/mol. The van der Waals surface area contributed by atoms with Gasteiger partial charge in [0.1, 0.15) is 0 Å². The Hall–Kier alpha value is -0.120. The van der Waals surface area contributed by atoms with Crippen molar-refractivity contribution in [3.63, 3.8) is 0 Å². The van der Waals surface area contributed by atoms with Crippen molar-refractivity contribution in [3.05, 3.63) is 0 Å². The summed E-state index contributed by atoms with van der Waals surface area (Å²) in [4.78, 5) is 0. The van der Waals surface area contributed by atoms with E-state index in [0.717, 1.165) is 43.6 Å². The predicted octanol–water partition coefficient (Wildman–Crippen LogP) is 5.79. The lowest BCUT2D eigenvalue weighted by molar-refractivity contribution is -0.274. The Kier molecular flexibility index (Phi) is 4.58. The highest BCUT2D eigenvalue weighted by Crippen LogP contribution is 2.71. The Morgan fingerprint density at radius 1 is 0.900 bits per heavy atom. The summed E-state index contributed by atoms with van der Waals surface area (Å²) in [5.74, 6) is 4.15. The van der Waals surface area contributed by atoms with Crippen LogP contribution in [0.1, 0.15) is 91.9 Å². The topological polar surface area (TPSA) is 38.7 Å². The first-order valence-corrected chi connectivity index (χ1v) is 13.3. The fourth-order valence-corrected chi connectivity index (χ4v) is 10.3. The van der Waals surface area contributed by atoms with Gasteiger partial charge in [0.05, 0.1) is 18.8 Å². The van der Waals surface area contributed by atoms with Crippen LogP contribution in [0, 0.1) is 52.3 Å². The molecule has 4 aliphatic carbocycles. The van der Waals surface area contributed by atoms with Crippen molar-refractivity contribution in [1.29, 1.82) is 0 Å². The summed E-state index contributed by atoms with van der Waals surface area (Å²) < 4.78 is 13.3. The average molecular weight is 417 g/mol. The third-order valence-electron chi connectivity index (χ3n) is 12.0. The van der Waals surface area contributed by atoms with Gasteiger partial charge in [0, 0.05) is 23.7 Å². The molecule has 4 saturated carbocycles. The SMILES string of the molecule is C[C@@H]1CC[C@@]2(OC1)O[C@H]1C[C@H]3[C@@H]4CC[C@H]5CCCC[C@]5(C)[C@H]4C[C@H](O)[C@]3(C)[C@H]1[C@@H]2C. The summed E-state index contributed by atoms with van der Waals surface area (Å²) in [6, 6.07) is 0. The third-order valence-corrected chi connectivity index (χ3v) is 12.0. The molecular formula is C27H44O3. The first-order valence-electron chi connectivity index (χ1n) is 13.3. The van der Waals surface area contributed by atoms with Crippen molar-refractivity contribution in [2.75, 3.05) is 6.61 Å². The second-order valence-electron chi connectivity index (χ2n) is 13.0. The zero-order chi connectivity index (χ0) is 20.9. The lowest BCUT2D eigenvalue weighted by atomic mass is 9.44. The molecule has 6 fully saturated rings. The highest BCUT2D eigenvalue weighted by molar-refractivity contribution is 5.17. The van der Waals surface area contributed by atoms with Gasteiger partial charge in [0.25, 0.3) is 0 Å². The first kappa shape index (κ1) is 20.5. The normalized spacial score (nSPS) is 62.5. The molecule has 30 heavy (non-hydrogen) atoms. The molecule has 0 radical (unpaired) electrons. The van der Waals surface area contributed by atoms with Crippen LogP contribution in [0.4, 0.5) is 0 Å². The highest BCUT2D eigenvalue weighted by atomic mass is 16.7. The molecule has 6 rings (SSSR count). The van der Waals surface area contributed by atoms with Gasteiger partial charge in [-0.05, 0) is 80.0 Å². The Morgan fingerprint density at radius 3 is 2.50 bits per heavy atom. The molecule has 0 amide bonds. The predicted molar refractivity (Wildman–Crippen MR) is 118 cm³/mol. The van der Waals surface area contributed by atoms with Crippen LogP contribution in [0.25, 0.3) is 0 Å². The maximum atomic E-state index is 11.8. The fourth-order valence-electron chi connectivity index (χ4n) is 10.3. The van der Waals surface area contributed by atoms with Crippen LogP contribution in [0.3, 0.4) is 0 Å². The Bertz CT molecular complexity index is 684. The van der Waals surface area contributed by atoms with Crippen molar-refractivity contribution in [1.82, 2.24) is 0 Å². The third kappa shape index (κ3) is 2.49. The van der Waals surface area contributed by atoms with E-state index in [4.69, 9.17) is 9.47 Å². The van der Waals surface area contributed by atoms with Crippen molar-refractivity contribution in [3.8, 4) is 0 Å². The molecule has 6 aliphatic rings. The largest absolute Gasteiger partial charge is 0.393 e. The molecule has 0 bridgehead atoms. The Labute approximate surface area is 183 Å². The molecule has 170 valence electrons. The van der Waals surface area contributed by atoms with Crippen LogP contribution in [-0.4, -0.2) is 29.7 Å². The van der Waals surface area contributed by atoms with Gasteiger partial charge >= 0.3 is 0 Å². The van der Waals surface area contributed by atoms with E-state index in [-0.39, 0.29) is 23.4 Å². The summed E-state index contributed by atoms with van der Waals surface area (Å²) in [6.45, 7) is 10.5. The number of hydrogen-bond donors (Lipinski definition) is 1. The number of aliphatic hydroxyl groups is 1. The summed E-state index contributed by atoms with van der Waals surface area (Å²) in [7, 11) is 0. The lowest BCUT2D eigenvalue weighted by Gasteiger charge is -2.62. The van der Waals surface area contributed by atoms with Gasteiger partial charge in [-0.1, -0.05) is 40.5 Å². The second kappa shape index (κ2) is 6.70.